The Balaban J connectivity index is 1.46. The summed E-state index contributed by atoms with van der Waals surface area (Å²) in [5.74, 6) is -0.455. The molecule has 0 radical (unpaired) electrons. The number of nitrogens with one attached hydrogen (secondary N) is 1. The van der Waals surface area contributed by atoms with Crippen LogP contribution in [-0.2, 0) is 10.0 Å². The summed E-state index contributed by atoms with van der Waals surface area (Å²) in [6.07, 6.45) is 1.72. The zero-order valence-corrected chi connectivity index (χ0v) is 18.7. The van der Waals surface area contributed by atoms with E-state index in [0.717, 1.165) is 29.5 Å². The molecule has 0 unspecified atom stereocenters. The average molecular weight is 448 g/mol. The maximum absolute atomic E-state index is 12.8. The molecule has 1 saturated heterocycles. The highest BCUT2D eigenvalue weighted by Crippen LogP contribution is 2.22. The number of carbonyl (C=O) groups excluding carboxylic acids is 1. The van der Waals surface area contributed by atoms with Crippen LogP contribution in [0.2, 0.25) is 0 Å². The van der Waals surface area contributed by atoms with Crippen LogP contribution in [0.3, 0.4) is 0 Å². The molecule has 0 aromatic heterocycles. The van der Waals surface area contributed by atoms with Crippen LogP contribution in [0.5, 0.6) is 0 Å². The molecule has 0 atom stereocenters. The van der Waals surface area contributed by atoms with E-state index in [-0.39, 0.29) is 10.5 Å². The van der Waals surface area contributed by atoms with E-state index in [9.17, 15) is 13.2 Å². The van der Waals surface area contributed by atoms with Crippen LogP contribution in [0.25, 0.3) is 11.1 Å². The second kappa shape index (κ2) is 9.46. The number of sulfonamides is 1. The van der Waals surface area contributed by atoms with E-state index in [4.69, 9.17) is 0 Å². The number of hydrazone groups is 1. The van der Waals surface area contributed by atoms with Crippen LogP contribution in [0.1, 0.15) is 35.7 Å². The van der Waals surface area contributed by atoms with Crippen LogP contribution >= 0.6 is 0 Å². The van der Waals surface area contributed by atoms with Gasteiger partial charge >= 0.3 is 0 Å². The Bertz CT molecular complexity index is 1230. The highest BCUT2D eigenvalue weighted by atomic mass is 32.2. The molecular formula is C25H25N3O3S. The fourth-order valence-electron chi connectivity index (χ4n) is 3.67. The molecule has 32 heavy (non-hydrogen) atoms. The first-order valence-corrected chi connectivity index (χ1v) is 12.0. The molecule has 0 aliphatic carbocycles. The first-order valence-electron chi connectivity index (χ1n) is 10.6. The maximum Gasteiger partial charge on any atom is 0.271 e. The van der Waals surface area contributed by atoms with Crippen LogP contribution < -0.4 is 5.43 Å². The van der Waals surface area contributed by atoms with Crippen LogP contribution in [0.15, 0.2) is 88.9 Å². The minimum Gasteiger partial charge on any atom is -0.267 e. The van der Waals surface area contributed by atoms with Crippen molar-refractivity contribution in [1.82, 2.24) is 9.73 Å². The smallest absolute Gasteiger partial charge is 0.267 e. The van der Waals surface area contributed by atoms with Crippen molar-refractivity contribution in [2.75, 3.05) is 13.1 Å². The van der Waals surface area contributed by atoms with Gasteiger partial charge in [0.2, 0.25) is 10.0 Å². The summed E-state index contributed by atoms with van der Waals surface area (Å²) < 4.78 is 27.0. The van der Waals surface area contributed by atoms with E-state index in [1.54, 1.807) is 12.1 Å². The first kappa shape index (κ1) is 21.9. The molecule has 1 aliphatic rings. The summed E-state index contributed by atoms with van der Waals surface area (Å²) >= 11 is 0. The van der Waals surface area contributed by atoms with Gasteiger partial charge in [0.15, 0.2) is 0 Å². The van der Waals surface area contributed by atoms with Crippen molar-refractivity contribution in [3.8, 4) is 11.1 Å². The van der Waals surface area contributed by atoms with Gasteiger partial charge < -0.3 is 0 Å². The molecule has 3 aromatic carbocycles. The summed E-state index contributed by atoms with van der Waals surface area (Å²) in [4.78, 5) is 12.7. The predicted octanol–water partition coefficient (Wildman–Crippen LogP) is 4.29. The van der Waals surface area contributed by atoms with Gasteiger partial charge in [0.1, 0.15) is 0 Å². The lowest BCUT2D eigenvalue weighted by molar-refractivity contribution is 0.0954. The lowest BCUT2D eigenvalue weighted by Gasteiger charge is -2.15. The van der Waals surface area contributed by atoms with Gasteiger partial charge in [-0.05, 0) is 54.7 Å². The third-order valence-electron chi connectivity index (χ3n) is 5.53. The zero-order valence-electron chi connectivity index (χ0n) is 17.9. The zero-order chi connectivity index (χ0) is 22.6. The van der Waals surface area contributed by atoms with Crippen molar-refractivity contribution >= 4 is 21.6 Å². The Hall–Kier alpha value is -3.29. The average Bonchev–Trinajstić information content (AvgIpc) is 3.39. The highest BCUT2D eigenvalue weighted by Gasteiger charge is 2.27. The second-order valence-electron chi connectivity index (χ2n) is 7.72. The van der Waals surface area contributed by atoms with E-state index in [0.29, 0.717) is 18.8 Å². The van der Waals surface area contributed by atoms with Crippen molar-refractivity contribution in [3.05, 3.63) is 90.0 Å². The number of amides is 1. The molecule has 1 fully saturated rings. The van der Waals surface area contributed by atoms with Gasteiger partial charge in [-0.1, -0.05) is 60.7 Å². The fraction of sp³-hybridized carbons (Fsp3) is 0.200. The lowest BCUT2D eigenvalue weighted by atomic mass is 10.0. The Kier molecular flexibility index (Phi) is 6.48. The number of hydrogen-bond acceptors (Lipinski definition) is 4. The molecule has 4 rings (SSSR count). The molecule has 0 saturated carbocycles. The topological polar surface area (TPSA) is 78.8 Å². The molecule has 1 amide bonds. The van der Waals surface area contributed by atoms with Gasteiger partial charge in [-0.2, -0.15) is 9.41 Å². The van der Waals surface area contributed by atoms with Crippen molar-refractivity contribution in [1.29, 1.82) is 0 Å². The Morgan fingerprint density at radius 1 is 0.844 bits per heavy atom. The second-order valence-corrected chi connectivity index (χ2v) is 9.66. The monoisotopic (exact) mass is 447 g/mol. The third kappa shape index (κ3) is 4.79. The molecule has 1 aliphatic heterocycles. The molecule has 3 aromatic rings. The summed E-state index contributed by atoms with van der Waals surface area (Å²) in [6.45, 7) is 2.85. The minimum absolute atomic E-state index is 0.129. The van der Waals surface area contributed by atoms with Gasteiger partial charge in [-0.15, -0.1) is 0 Å². The van der Waals surface area contributed by atoms with E-state index < -0.39 is 15.9 Å². The normalized spacial score (nSPS) is 15.0. The van der Waals surface area contributed by atoms with Gasteiger partial charge in [0.25, 0.3) is 5.91 Å². The predicted molar refractivity (Wildman–Crippen MR) is 126 cm³/mol. The largest absolute Gasteiger partial charge is 0.271 e. The maximum atomic E-state index is 12.8. The Labute approximate surface area is 188 Å². The molecule has 7 heteroatoms. The van der Waals surface area contributed by atoms with E-state index >= 15 is 0 Å². The fourth-order valence-corrected chi connectivity index (χ4v) is 5.24. The van der Waals surface area contributed by atoms with Crippen LogP contribution in [-0.4, -0.2) is 37.4 Å². The molecule has 1 heterocycles. The standard InChI is InChI=1S/C25H25N3O3S/c1-19(20-12-14-22(15-13-20)21-8-3-2-4-9-21)26-27-25(29)23-10-7-11-24(18-23)32(30,31)28-16-5-6-17-28/h2-4,7-15,18H,5-6,16-17H2,1H3,(H,27,29)/b26-19+. The van der Waals surface area contributed by atoms with Crippen molar-refractivity contribution in [3.63, 3.8) is 0 Å². The van der Waals surface area contributed by atoms with Gasteiger partial charge in [0.05, 0.1) is 10.6 Å². The van der Waals surface area contributed by atoms with E-state index in [1.165, 1.54) is 16.4 Å². The van der Waals surface area contributed by atoms with Crippen LogP contribution in [0.4, 0.5) is 0 Å². The highest BCUT2D eigenvalue weighted by molar-refractivity contribution is 7.89. The first-order chi connectivity index (χ1) is 15.4. The quantitative estimate of drug-likeness (QED) is 0.452. The lowest BCUT2D eigenvalue weighted by Crippen LogP contribution is -2.28. The molecule has 0 bridgehead atoms. The molecular weight excluding hydrogens is 422 g/mol. The summed E-state index contributed by atoms with van der Waals surface area (Å²) in [6, 6.07) is 24.1. The summed E-state index contributed by atoms with van der Waals surface area (Å²) in [5, 5.41) is 4.20. The SMILES string of the molecule is C/C(=N\NC(=O)c1cccc(S(=O)(=O)N2CCCC2)c1)c1ccc(-c2ccccc2)cc1. The van der Waals surface area contributed by atoms with E-state index in [1.807, 2.05) is 61.5 Å². The number of hydrogen-bond donors (Lipinski definition) is 1. The summed E-state index contributed by atoms with van der Waals surface area (Å²) in [5.41, 5.74) is 6.55. The Morgan fingerprint density at radius 3 is 2.19 bits per heavy atom. The van der Waals surface area contributed by atoms with Crippen molar-refractivity contribution < 1.29 is 13.2 Å². The third-order valence-corrected chi connectivity index (χ3v) is 7.43. The number of benzene rings is 3. The molecule has 0 spiro atoms. The van der Waals surface area contributed by atoms with Crippen LogP contribution in [0, 0.1) is 0 Å². The number of nitrogens with zero attached hydrogens (tertiary/aromatic N) is 2. The van der Waals surface area contributed by atoms with E-state index in [2.05, 4.69) is 10.5 Å². The van der Waals surface area contributed by atoms with Crippen molar-refractivity contribution in [2.45, 2.75) is 24.7 Å². The minimum atomic E-state index is -3.58. The van der Waals surface area contributed by atoms with Gasteiger partial charge in [-0.25, -0.2) is 13.8 Å². The van der Waals surface area contributed by atoms with Gasteiger partial charge in [-0.3, -0.25) is 4.79 Å². The summed E-state index contributed by atoms with van der Waals surface area (Å²) in [7, 11) is -3.58. The van der Waals surface area contributed by atoms with Gasteiger partial charge in [0, 0.05) is 18.7 Å². The molecule has 1 N–H and O–H groups in total. The molecule has 164 valence electrons. The number of rotatable bonds is 6. The molecule has 6 nitrogen and oxygen atoms in total. The van der Waals surface area contributed by atoms with Crippen molar-refractivity contribution in [2.24, 2.45) is 5.10 Å². The Morgan fingerprint density at radius 2 is 1.50 bits per heavy atom. The number of carbonyl (C=O) groups is 1.